The number of hydrogen-bond acceptors (Lipinski definition) is 5. The van der Waals surface area contributed by atoms with Crippen molar-refractivity contribution in [1.82, 2.24) is 4.31 Å². The summed E-state index contributed by atoms with van der Waals surface area (Å²) in [5, 5.41) is 8.92. The first-order valence-electron chi connectivity index (χ1n) is 11.4. The summed E-state index contributed by atoms with van der Waals surface area (Å²) in [7, 11) is 0. The maximum absolute atomic E-state index is 13.0. The summed E-state index contributed by atoms with van der Waals surface area (Å²) in [5.74, 6) is -1.64. The maximum atomic E-state index is 13.0. The van der Waals surface area contributed by atoms with E-state index in [1.54, 1.807) is 0 Å². The standard InChI is InChI=1S/C28H24F3NO3S2/c1-19-5-12-24(13-6-19)37-32(17-23-11-14-26(35-23)28(29,30)31)16-20-7-9-21(10-8-20)22-3-2-4-25(15-22)36-18-27(33)34/h2-15H,16-18H2,1H3,(H,33,34). The monoisotopic (exact) mass is 543 g/mol. The van der Waals surface area contributed by atoms with E-state index in [4.69, 9.17) is 9.52 Å². The summed E-state index contributed by atoms with van der Waals surface area (Å²) in [5.41, 5.74) is 4.07. The third kappa shape index (κ3) is 7.92. The molecule has 0 radical (unpaired) electrons. The summed E-state index contributed by atoms with van der Waals surface area (Å²) in [6, 6.07) is 25.9. The van der Waals surface area contributed by atoms with E-state index in [0.29, 0.717) is 6.54 Å². The molecule has 4 rings (SSSR count). The summed E-state index contributed by atoms with van der Waals surface area (Å²) in [4.78, 5) is 12.7. The van der Waals surface area contributed by atoms with Crippen molar-refractivity contribution in [3.8, 4) is 11.1 Å². The van der Waals surface area contributed by atoms with Gasteiger partial charge in [0.2, 0.25) is 5.76 Å². The Labute approximate surface area is 221 Å². The number of alkyl halides is 3. The van der Waals surface area contributed by atoms with Gasteiger partial charge in [0.25, 0.3) is 0 Å². The van der Waals surface area contributed by atoms with E-state index < -0.39 is 17.9 Å². The quantitative estimate of drug-likeness (QED) is 0.161. The van der Waals surface area contributed by atoms with E-state index in [2.05, 4.69) is 0 Å². The number of rotatable bonds is 10. The normalized spacial score (nSPS) is 11.7. The van der Waals surface area contributed by atoms with Crippen molar-refractivity contribution in [2.24, 2.45) is 0 Å². The highest BCUT2D eigenvalue weighted by Crippen LogP contribution is 2.33. The lowest BCUT2D eigenvalue weighted by molar-refractivity contribution is -0.153. The van der Waals surface area contributed by atoms with Crippen LogP contribution in [0.15, 0.2) is 99.1 Å². The number of carbonyl (C=O) groups is 1. The van der Waals surface area contributed by atoms with Crippen LogP contribution < -0.4 is 0 Å². The molecule has 0 atom stereocenters. The number of aliphatic carboxylic acids is 1. The number of furan rings is 1. The average molecular weight is 544 g/mol. The van der Waals surface area contributed by atoms with E-state index in [9.17, 15) is 18.0 Å². The molecular formula is C28H24F3NO3S2. The maximum Gasteiger partial charge on any atom is 0.449 e. The Kier molecular flexibility index (Phi) is 8.68. The Hall–Kier alpha value is -3.14. The van der Waals surface area contributed by atoms with Crippen LogP contribution in [0.1, 0.15) is 22.6 Å². The van der Waals surface area contributed by atoms with Gasteiger partial charge in [0, 0.05) is 16.3 Å². The van der Waals surface area contributed by atoms with Crippen molar-refractivity contribution in [3.05, 3.63) is 108 Å². The first-order valence-corrected chi connectivity index (χ1v) is 13.1. The average Bonchev–Trinajstić information content (AvgIpc) is 3.34. The highest BCUT2D eigenvalue weighted by molar-refractivity contribution is 8.00. The van der Waals surface area contributed by atoms with Gasteiger partial charge < -0.3 is 9.52 Å². The molecule has 37 heavy (non-hydrogen) atoms. The lowest BCUT2D eigenvalue weighted by atomic mass is 10.0. The molecule has 0 aliphatic heterocycles. The van der Waals surface area contributed by atoms with Gasteiger partial charge in [0.15, 0.2) is 0 Å². The smallest absolute Gasteiger partial charge is 0.449 e. The van der Waals surface area contributed by atoms with E-state index in [1.165, 1.54) is 29.8 Å². The molecule has 0 bridgehead atoms. The van der Waals surface area contributed by atoms with Gasteiger partial charge in [-0.05, 0) is 72.0 Å². The molecule has 0 amide bonds. The zero-order valence-corrected chi connectivity index (χ0v) is 21.5. The van der Waals surface area contributed by atoms with Crippen LogP contribution in [0.2, 0.25) is 0 Å². The summed E-state index contributed by atoms with van der Waals surface area (Å²) >= 11 is 2.72. The highest BCUT2D eigenvalue weighted by Gasteiger charge is 2.34. The first kappa shape index (κ1) is 26.9. The number of nitrogens with zero attached hydrogens (tertiary/aromatic N) is 1. The second kappa shape index (κ2) is 11.9. The number of carboxylic acids is 1. The Morgan fingerprint density at radius 3 is 2.27 bits per heavy atom. The third-order valence-electron chi connectivity index (χ3n) is 5.37. The van der Waals surface area contributed by atoms with Crippen LogP contribution in [0, 0.1) is 6.92 Å². The first-order chi connectivity index (χ1) is 17.7. The van der Waals surface area contributed by atoms with Crippen molar-refractivity contribution in [2.75, 3.05) is 5.75 Å². The Balaban J connectivity index is 1.50. The van der Waals surface area contributed by atoms with Gasteiger partial charge >= 0.3 is 12.1 Å². The number of carboxylic acid groups (broad SMARTS) is 1. The predicted octanol–water partition coefficient (Wildman–Crippen LogP) is 8.16. The molecule has 9 heteroatoms. The van der Waals surface area contributed by atoms with Crippen LogP contribution in [0.4, 0.5) is 13.2 Å². The lowest BCUT2D eigenvalue weighted by Crippen LogP contribution is -2.14. The molecule has 0 aliphatic carbocycles. The predicted molar refractivity (Wildman–Crippen MR) is 140 cm³/mol. The van der Waals surface area contributed by atoms with E-state index in [1.807, 2.05) is 84.0 Å². The number of benzene rings is 3. The lowest BCUT2D eigenvalue weighted by Gasteiger charge is -2.20. The molecule has 1 N–H and O–H groups in total. The summed E-state index contributed by atoms with van der Waals surface area (Å²) in [6.45, 7) is 2.67. The van der Waals surface area contributed by atoms with Gasteiger partial charge in [-0.1, -0.05) is 54.1 Å². The fraction of sp³-hybridized carbons (Fsp3) is 0.179. The molecule has 4 nitrogen and oxygen atoms in total. The van der Waals surface area contributed by atoms with Crippen LogP contribution in [0.3, 0.4) is 0 Å². The number of aryl methyl sites for hydroxylation is 1. The van der Waals surface area contributed by atoms with Crippen molar-refractivity contribution in [3.63, 3.8) is 0 Å². The van der Waals surface area contributed by atoms with Crippen molar-refractivity contribution in [1.29, 1.82) is 0 Å². The molecule has 0 fully saturated rings. The van der Waals surface area contributed by atoms with Gasteiger partial charge in [-0.25, -0.2) is 4.31 Å². The van der Waals surface area contributed by atoms with E-state index >= 15 is 0 Å². The van der Waals surface area contributed by atoms with Gasteiger partial charge in [-0.2, -0.15) is 13.2 Å². The molecule has 0 saturated heterocycles. The molecule has 1 heterocycles. The molecule has 0 aliphatic rings. The minimum absolute atomic E-state index is 0.00297. The van der Waals surface area contributed by atoms with Crippen molar-refractivity contribution < 1.29 is 27.5 Å². The van der Waals surface area contributed by atoms with Gasteiger partial charge in [-0.15, -0.1) is 11.8 Å². The second-order valence-electron chi connectivity index (χ2n) is 8.37. The van der Waals surface area contributed by atoms with Crippen LogP contribution in [-0.4, -0.2) is 21.1 Å². The molecule has 192 valence electrons. The molecule has 3 aromatic carbocycles. The minimum Gasteiger partial charge on any atom is -0.481 e. The fourth-order valence-corrected chi connectivity index (χ4v) is 5.21. The zero-order valence-electron chi connectivity index (χ0n) is 19.9. The Bertz CT molecular complexity index is 1340. The Morgan fingerprint density at radius 1 is 0.892 bits per heavy atom. The second-order valence-corrected chi connectivity index (χ2v) is 10.6. The van der Waals surface area contributed by atoms with Gasteiger partial charge in [-0.3, -0.25) is 4.79 Å². The van der Waals surface area contributed by atoms with Crippen LogP contribution in [-0.2, 0) is 24.1 Å². The molecule has 0 unspecified atom stereocenters. The van der Waals surface area contributed by atoms with Crippen LogP contribution >= 0.6 is 23.7 Å². The topological polar surface area (TPSA) is 53.7 Å². The molecular weight excluding hydrogens is 519 g/mol. The van der Waals surface area contributed by atoms with Crippen molar-refractivity contribution >= 4 is 29.7 Å². The number of halogens is 3. The van der Waals surface area contributed by atoms with Gasteiger partial charge in [0.05, 0.1) is 12.3 Å². The molecule has 0 saturated carbocycles. The van der Waals surface area contributed by atoms with E-state index in [-0.39, 0.29) is 18.1 Å². The molecule has 0 spiro atoms. The summed E-state index contributed by atoms with van der Waals surface area (Å²) in [6.07, 6.45) is -4.52. The largest absolute Gasteiger partial charge is 0.481 e. The molecule has 1 aromatic heterocycles. The molecule has 4 aromatic rings. The highest BCUT2D eigenvalue weighted by atomic mass is 32.2. The Morgan fingerprint density at radius 2 is 1.62 bits per heavy atom. The van der Waals surface area contributed by atoms with Gasteiger partial charge in [0.1, 0.15) is 5.76 Å². The SMILES string of the molecule is Cc1ccc(SN(Cc2ccc(-c3cccc(SCC(=O)O)c3)cc2)Cc2ccc(C(F)(F)F)o2)cc1. The summed E-state index contributed by atoms with van der Waals surface area (Å²) < 4.78 is 46.1. The van der Waals surface area contributed by atoms with Crippen LogP contribution in [0.5, 0.6) is 0 Å². The van der Waals surface area contributed by atoms with Crippen molar-refractivity contribution in [2.45, 2.75) is 36.0 Å². The number of thioether (sulfide) groups is 1. The number of hydrogen-bond donors (Lipinski definition) is 1. The fourth-order valence-electron chi connectivity index (χ4n) is 3.57. The van der Waals surface area contributed by atoms with E-state index in [0.717, 1.165) is 38.1 Å². The van der Waals surface area contributed by atoms with Crippen LogP contribution in [0.25, 0.3) is 11.1 Å². The minimum atomic E-state index is -4.52. The third-order valence-corrected chi connectivity index (χ3v) is 7.35. The zero-order chi connectivity index (χ0) is 26.4.